The summed E-state index contributed by atoms with van der Waals surface area (Å²) in [4.78, 5) is 27.3. The van der Waals surface area contributed by atoms with E-state index in [0.717, 1.165) is 22.2 Å². The molecule has 3 aromatic carbocycles. The highest BCUT2D eigenvalue weighted by molar-refractivity contribution is 6.03. The standard InChI is InChI=1S/C24H24N2O3/c1-29-20-11-9-19(10-12-20)24(28)26-15-13-18(14-16-26)23(27)25-22-8-4-6-17-5-2-3-7-21(17)22/h2-12,18H,13-16H2,1H3,(H,25,27). The third-order valence-electron chi connectivity index (χ3n) is 5.54. The van der Waals surface area contributed by atoms with Crippen LogP contribution in [0.25, 0.3) is 10.8 Å². The number of fused-ring (bicyclic) bond motifs is 1. The lowest BCUT2D eigenvalue weighted by Crippen LogP contribution is -2.41. The zero-order valence-electron chi connectivity index (χ0n) is 16.4. The van der Waals surface area contributed by atoms with Gasteiger partial charge in [0.05, 0.1) is 7.11 Å². The minimum Gasteiger partial charge on any atom is -0.497 e. The minimum atomic E-state index is -0.0890. The second-order valence-electron chi connectivity index (χ2n) is 7.31. The van der Waals surface area contributed by atoms with Gasteiger partial charge in [0.15, 0.2) is 0 Å². The molecule has 1 aliphatic rings. The summed E-state index contributed by atoms with van der Waals surface area (Å²) in [6.07, 6.45) is 1.33. The summed E-state index contributed by atoms with van der Waals surface area (Å²) in [7, 11) is 1.60. The molecular formula is C24H24N2O3. The lowest BCUT2D eigenvalue weighted by Gasteiger charge is -2.31. The van der Waals surface area contributed by atoms with Crippen LogP contribution in [0.5, 0.6) is 5.75 Å². The highest BCUT2D eigenvalue weighted by atomic mass is 16.5. The molecule has 29 heavy (non-hydrogen) atoms. The first-order valence-corrected chi connectivity index (χ1v) is 9.87. The molecule has 4 rings (SSSR count). The zero-order chi connectivity index (χ0) is 20.2. The van der Waals surface area contributed by atoms with Crippen molar-refractivity contribution in [3.05, 3.63) is 72.3 Å². The number of carbonyl (C=O) groups is 2. The van der Waals surface area contributed by atoms with E-state index in [1.54, 1.807) is 31.4 Å². The smallest absolute Gasteiger partial charge is 0.253 e. The second kappa shape index (κ2) is 8.35. The molecule has 1 saturated heterocycles. The zero-order valence-corrected chi connectivity index (χ0v) is 16.4. The predicted octanol–water partition coefficient (Wildman–Crippen LogP) is 4.34. The van der Waals surface area contributed by atoms with Gasteiger partial charge in [-0.3, -0.25) is 9.59 Å². The number of amides is 2. The monoisotopic (exact) mass is 388 g/mol. The number of nitrogens with zero attached hydrogens (tertiary/aromatic N) is 1. The van der Waals surface area contributed by atoms with Crippen molar-refractivity contribution in [3.63, 3.8) is 0 Å². The van der Waals surface area contributed by atoms with E-state index in [1.165, 1.54) is 0 Å². The maximum Gasteiger partial charge on any atom is 0.253 e. The van der Waals surface area contributed by atoms with E-state index in [-0.39, 0.29) is 17.7 Å². The Morgan fingerprint density at radius 1 is 0.931 bits per heavy atom. The minimum absolute atomic E-state index is 0.000523. The van der Waals surface area contributed by atoms with Crippen LogP contribution in [-0.4, -0.2) is 36.9 Å². The molecule has 0 spiro atoms. The van der Waals surface area contributed by atoms with Gasteiger partial charge in [-0.25, -0.2) is 0 Å². The molecule has 0 atom stereocenters. The number of nitrogens with one attached hydrogen (secondary N) is 1. The maximum absolute atomic E-state index is 12.8. The number of methoxy groups -OCH3 is 1. The van der Waals surface area contributed by atoms with Crippen molar-refractivity contribution in [2.75, 3.05) is 25.5 Å². The largest absolute Gasteiger partial charge is 0.497 e. The summed E-state index contributed by atoms with van der Waals surface area (Å²) in [5, 5.41) is 5.23. The number of piperidine rings is 1. The van der Waals surface area contributed by atoms with E-state index in [0.29, 0.717) is 31.5 Å². The number of ether oxygens (including phenoxy) is 1. The van der Waals surface area contributed by atoms with Gasteiger partial charge in [-0.1, -0.05) is 36.4 Å². The summed E-state index contributed by atoms with van der Waals surface area (Å²) in [5.41, 5.74) is 1.48. The van der Waals surface area contributed by atoms with Gasteiger partial charge in [-0.2, -0.15) is 0 Å². The molecule has 3 aromatic rings. The SMILES string of the molecule is COc1ccc(C(=O)N2CCC(C(=O)Nc3cccc4ccccc34)CC2)cc1. The summed E-state index contributed by atoms with van der Waals surface area (Å²) in [5.74, 6) is 0.665. The second-order valence-corrected chi connectivity index (χ2v) is 7.31. The third-order valence-corrected chi connectivity index (χ3v) is 5.54. The van der Waals surface area contributed by atoms with Crippen molar-refractivity contribution in [1.29, 1.82) is 0 Å². The Labute approximate surface area is 170 Å². The molecule has 1 heterocycles. The third kappa shape index (κ3) is 4.09. The van der Waals surface area contributed by atoms with Crippen LogP contribution in [0.15, 0.2) is 66.7 Å². The number of hydrogen-bond acceptors (Lipinski definition) is 3. The van der Waals surface area contributed by atoms with Gasteiger partial charge in [0.25, 0.3) is 5.91 Å². The number of likely N-dealkylation sites (tertiary alicyclic amines) is 1. The van der Waals surface area contributed by atoms with E-state index >= 15 is 0 Å². The number of carbonyl (C=O) groups excluding carboxylic acids is 2. The van der Waals surface area contributed by atoms with Gasteiger partial charge < -0.3 is 15.0 Å². The van der Waals surface area contributed by atoms with Crippen molar-refractivity contribution in [3.8, 4) is 5.75 Å². The molecule has 0 radical (unpaired) electrons. The van der Waals surface area contributed by atoms with Crippen LogP contribution in [0.2, 0.25) is 0 Å². The van der Waals surface area contributed by atoms with Gasteiger partial charge in [0.1, 0.15) is 5.75 Å². The van der Waals surface area contributed by atoms with Gasteiger partial charge in [-0.05, 0) is 48.6 Å². The Hall–Kier alpha value is -3.34. The first-order valence-electron chi connectivity index (χ1n) is 9.87. The number of rotatable bonds is 4. The summed E-state index contributed by atoms with van der Waals surface area (Å²) >= 11 is 0. The van der Waals surface area contributed by atoms with Gasteiger partial charge in [0, 0.05) is 35.6 Å². The topological polar surface area (TPSA) is 58.6 Å². The number of anilines is 1. The Balaban J connectivity index is 1.37. The highest BCUT2D eigenvalue weighted by Gasteiger charge is 2.28. The average molecular weight is 388 g/mol. The Morgan fingerprint density at radius 3 is 2.34 bits per heavy atom. The molecule has 1 fully saturated rings. The van der Waals surface area contributed by atoms with Crippen LogP contribution in [0.3, 0.4) is 0 Å². The molecule has 0 aromatic heterocycles. The molecule has 1 aliphatic heterocycles. The van der Waals surface area contributed by atoms with Crippen LogP contribution < -0.4 is 10.1 Å². The van der Waals surface area contributed by atoms with Crippen molar-refractivity contribution >= 4 is 28.3 Å². The van der Waals surface area contributed by atoms with E-state index in [2.05, 4.69) is 5.32 Å². The molecular weight excluding hydrogens is 364 g/mol. The van der Waals surface area contributed by atoms with Gasteiger partial charge in [-0.15, -0.1) is 0 Å². The van der Waals surface area contributed by atoms with Crippen molar-refractivity contribution in [2.45, 2.75) is 12.8 Å². The lowest BCUT2D eigenvalue weighted by atomic mass is 9.95. The predicted molar refractivity (Wildman–Crippen MR) is 114 cm³/mol. The summed E-state index contributed by atoms with van der Waals surface area (Å²) < 4.78 is 5.14. The first kappa shape index (κ1) is 19.0. The van der Waals surface area contributed by atoms with Crippen LogP contribution >= 0.6 is 0 Å². The molecule has 5 heteroatoms. The van der Waals surface area contributed by atoms with Crippen LogP contribution in [0.1, 0.15) is 23.2 Å². The molecule has 0 aliphatic carbocycles. The summed E-state index contributed by atoms with van der Waals surface area (Å²) in [6.45, 7) is 1.16. The molecule has 0 saturated carbocycles. The molecule has 1 N–H and O–H groups in total. The van der Waals surface area contributed by atoms with Crippen LogP contribution in [-0.2, 0) is 4.79 Å². The maximum atomic E-state index is 12.8. The van der Waals surface area contributed by atoms with Crippen LogP contribution in [0, 0.1) is 5.92 Å². The van der Waals surface area contributed by atoms with Crippen LogP contribution in [0.4, 0.5) is 5.69 Å². The van der Waals surface area contributed by atoms with Crippen molar-refractivity contribution in [2.24, 2.45) is 5.92 Å². The van der Waals surface area contributed by atoms with E-state index in [4.69, 9.17) is 4.74 Å². The average Bonchev–Trinajstić information content (AvgIpc) is 2.79. The van der Waals surface area contributed by atoms with Crippen molar-refractivity contribution < 1.29 is 14.3 Å². The highest BCUT2D eigenvalue weighted by Crippen LogP contribution is 2.26. The quantitative estimate of drug-likeness (QED) is 0.723. The Morgan fingerprint density at radius 2 is 1.62 bits per heavy atom. The first-order chi connectivity index (χ1) is 14.2. The van der Waals surface area contributed by atoms with E-state index in [9.17, 15) is 9.59 Å². The van der Waals surface area contributed by atoms with Gasteiger partial charge in [0.2, 0.25) is 5.91 Å². The fourth-order valence-electron chi connectivity index (χ4n) is 3.83. The molecule has 0 bridgehead atoms. The van der Waals surface area contributed by atoms with E-state index < -0.39 is 0 Å². The fraction of sp³-hybridized carbons (Fsp3) is 0.250. The Bertz CT molecular complexity index is 1020. The molecule has 5 nitrogen and oxygen atoms in total. The lowest BCUT2D eigenvalue weighted by molar-refractivity contribution is -0.121. The number of benzene rings is 3. The normalized spacial score (nSPS) is 14.6. The number of hydrogen-bond donors (Lipinski definition) is 1. The van der Waals surface area contributed by atoms with Gasteiger partial charge >= 0.3 is 0 Å². The molecule has 2 amide bonds. The molecule has 148 valence electrons. The summed E-state index contributed by atoms with van der Waals surface area (Å²) in [6, 6.07) is 21.1. The van der Waals surface area contributed by atoms with Crippen molar-refractivity contribution in [1.82, 2.24) is 4.90 Å². The van der Waals surface area contributed by atoms with E-state index in [1.807, 2.05) is 47.4 Å². The molecule has 0 unspecified atom stereocenters. The Kier molecular flexibility index (Phi) is 5.47. The fourth-order valence-corrected chi connectivity index (χ4v) is 3.83.